The van der Waals surface area contributed by atoms with E-state index in [9.17, 15) is 4.79 Å². The number of hydrogen-bond acceptors (Lipinski definition) is 3. The van der Waals surface area contributed by atoms with Crippen molar-refractivity contribution >= 4 is 28.4 Å². The summed E-state index contributed by atoms with van der Waals surface area (Å²) in [4.78, 5) is 18.4. The van der Waals surface area contributed by atoms with E-state index in [1.807, 2.05) is 6.07 Å². The monoisotopic (exact) mass is 386 g/mol. The summed E-state index contributed by atoms with van der Waals surface area (Å²) in [6.45, 7) is 4.76. The molecule has 4 heteroatoms. The first-order valence-corrected chi connectivity index (χ1v) is 10.9. The van der Waals surface area contributed by atoms with Gasteiger partial charge in [-0.15, -0.1) is 0 Å². The number of Topliss-reactive ketones (excluding diaryl/α,β-unsaturated/α-hetero) is 1. The van der Waals surface area contributed by atoms with Crippen LogP contribution in [0.5, 0.6) is 0 Å². The Labute approximate surface area is 168 Å². The average molecular weight is 387 g/mol. The van der Waals surface area contributed by atoms with E-state index >= 15 is 0 Å². The Kier molecular flexibility index (Phi) is 6.37. The molecule has 1 spiro atoms. The highest BCUT2D eigenvalue weighted by molar-refractivity contribution is 8.01. The SMILES string of the molecule is C.CC1SC2(CCN(C)CC2)CC1CC(=O)CCc1c[nH]c2ccccc12. The van der Waals surface area contributed by atoms with Gasteiger partial charge in [0, 0.05) is 39.9 Å². The summed E-state index contributed by atoms with van der Waals surface area (Å²) in [5.74, 6) is 1.01. The molecule has 3 heterocycles. The number of fused-ring (bicyclic) bond motifs is 1. The lowest BCUT2D eigenvalue weighted by Gasteiger charge is -2.37. The fourth-order valence-corrected chi connectivity index (χ4v) is 6.68. The Morgan fingerprint density at radius 2 is 2.04 bits per heavy atom. The number of hydrogen-bond donors (Lipinski definition) is 1. The van der Waals surface area contributed by atoms with Gasteiger partial charge >= 0.3 is 0 Å². The number of para-hydroxylation sites is 1. The third kappa shape index (κ3) is 4.43. The summed E-state index contributed by atoms with van der Waals surface area (Å²) in [5.41, 5.74) is 2.44. The minimum atomic E-state index is 0. The molecule has 1 aromatic heterocycles. The number of likely N-dealkylation sites (tertiary alicyclic amines) is 1. The van der Waals surface area contributed by atoms with Crippen LogP contribution in [0.25, 0.3) is 10.9 Å². The van der Waals surface area contributed by atoms with Crippen LogP contribution in [0.3, 0.4) is 0 Å². The fraction of sp³-hybridized carbons (Fsp3) is 0.609. The van der Waals surface area contributed by atoms with Gasteiger partial charge in [0.2, 0.25) is 0 Å². The highest BCUT2D eigenvalue weighted by atomic mass is 32.2. The van der Waals surface area contributed by atoms with Crippen LogP contribution in [0.2, 0.25) is 0 Å². The molecule has 1 aromatic carbocycles. The predicted octanol–water partition coefficient (Wildman–Crippen LogP) is 5.30. The molecule has 148 valence electrons. The van der Waals surface area contributed by atoms with Crippen LogP contribution in [0.1, 0.15) is 52.0 Å². The first-order valence-electron chi connectivity index (χ1n) is 9.98. The number of aryl methyl sites for hydroxylation is 1. The van der Waals surface area contributed by atoms with E-state index in [0.29, 0.717) is 28.1 Å². The zero-order chi connectivity index (χ0) is 18.1. The highest BCUT2D eigenvalue weighted by Crippen LogP contribution is 2.53. The minimum Gasteiger partial charge on any atom is -0.361 e. The van der Waals surface area contributed by atoms with Gasteiger partial charge in [0.15, 0.2) is 0 Å². The van der Waals surface area contributed by atoms with Crippen molar-refractivity contribution in [1.82, 2.24) is 9.88 Å². The van der Waals surface area contributed by atoms with Gasteiger partial charge in [-0.25, -0.2) is 0 Å². The van der Waals surface area contributed by atoms with Gasteiger partial charge in [-0.05, 0) is 63.4 Å². The molecule has 1 N–H and O–H groups in total. The largest absolute Gasteiger partial charge is 0.361 e. The van der Waals surface area contributed by atoms with Crippen LogP contribution in [-0.2, 0) is 11.2 Å². The Bertz CT molecular complexity index is 776. The van der Waals surface area contributed by atoms with Gasteiger partial charge in [-0.3, -0.25) is 4.79 Å². The predicted molar refractivity (Wildman–Crippen MR) is 118 cm³/mol. The van der Waals surface area contributed by atoms with Gasteiger partial charge in [-0.1, -0.05) is 32.5 Å². The first kappa shape index (κ1) is 20.5. The lowest BCUT2D eigenvalue weighted by Crippen LogP contribution is -2.39. The minimum absolute atomic E-state index is 0. The number of aromatic amines is 1. The molecule has 2 aromatic rings. The molecule has 2 unspecified atom stereocenters. The van der Waals surface area contributed by atoms with Crippen LogP contribution in [0, 0.1) is 5.92 Å². The molecule has 0 amide bonds. The Hall–Kier alpha value is -1.26. The van der Waals surface area contributed by atoms with E-state index in [4.69, 9.17) is 0 Å². The second kappa shape index (κ2) is 8.40. The summed E-state index contributed by atoms with van der Waals surface area (Å²) in [6, 6.07) is 8.36. The quantitative estimate of drug-likeness (QED) is 0.757. The van der Waals surface area contributed by atoms with Crippen molar-refractivity contribution in [3.8, 4) is 0 Å². The molecule has 2 atom stereocenters. The number of ketones is 1. The second-order valence-electron chi connectivity index (χ2n) is 8.38. The molecule has 0 radical (unpaired) electrons. The van der Waals surface area contributed by atoms with Gasteiger partial charge in [-0.2, -0.15) is 11.8 Å². The zero-order valence-corrected chi connectivity index (χ0v) is 16.8. The fourth-order valence-electron chi connectivity index (χ4n) is 4.78. The molecule has 2 fully saturated rings. The number of carbonyl (C=O) groups is 1. The average Bonchev–Trinajstić information content (AvgIpc) is 3.18. The van der Waals surface area contributed by atoms with Crippen molar-refractivity contribution in [2.45, 2.75) is 62.9 Å². The van der Waals surface area contributed by atoms with E-state index < -0.39 is 0 Å². The van der Waals surface area contributed by atoms with Crippen LogP contribution in [-0.4, -0.2) is 45.8 Å². The molecule has 3 nitrogen and oxygen atoms in total. The highest BCUT2D eigenvalue weighted by Gasteiger charge is 2.45. The van der Waals surface area contributed by atoms with E-state index in [1.165, 1.54) is 48.8 Å². The number of nitrogens with one attached hydrogen (secondary N) is 1. The Morgan fingerprint density at radius 1 is 1.30 bits per heavy atom. The van der Waals surface area contributed by atoms with Gasteiger partial charge in [0.25, 0.3) is 0 Å². The van der Waals surface area contributed by atoms with E-state index in [-0.39, 0.29) is 7.43 Å². The second-order valence-corrected chi connectivity index (χ2v) is 10.2. The summed E-state index contributed by atoms with van der Waals surface area (Å²) >= 11 is 2.17. The molecule has 27 heavy (non-hydrogen) atoms. The summed E-state index contributed by atoms with van der Waals surface area (Å²) in [5, 5.41) is 1.88. The normalized spacial score (nSPS) is 25.0. The van der Waals surface area contributed by atoms with E-state index in [0.717, 1.165) is 12.8 Å². The van der Waals surface area contributed by atoms with E-state index in [1.54, 1.807) is 0 Å². The lowest BCUT2D eigenvalue weighted by atomic mass is 9.83. The summed E-state index contributed by atoms with van der Waals surface area (Å²) in [6.07, 6.45) is 8.19. The smallest absolute Gasteiger partial charge is 0.133 e. The van der Waals surface area contributed by atoms with E-state index in [2.05, 4.69) is 60.0 Å². The van der Waals surface area contributed by atoms with Crippen molar-refractivity contribution in [3.05, 3.63) is 36.0 Å². The standard InChI is InChI=1S/C22H30N2OS.CH4/c1-16-18(14-22(26-16)9-11-24(2)12-10-22)13-19(25)8-7-17-15-23-21-6-4-3-5-20(17)21;/h3-6,15-16,18,23H,7-14H2,1-2H3;1H4. The number of rotatable bonds is 5. The van der Waals surface area contributed by atoms with Crippen LogP contribution in [0.15, 0.2) is 30.5 Å². The molecule has 4 rings (SSSR count). The number of piperidine rings is 1. The van der Waals surface area contributed by atoms with Gasteiger partial charge in [0.05, 0.1) is 0 Å². The lowest BCUT2D eigenvalue weighted by molar-refractivity contribution is -0.120. The maximum absolute atomic E-state index is 12.7. The molecular weight excluding hydrogens is 352 g/mol. The number of aromatic nitrogens is 1. The third-order valence-corrected chi connectivity index (χ3v) is 8.30. The maximum Gasteiger partial charge on any atom is 0.133 e. The number of benzene rings is 1. The zero-order valence-electron chi connectivity index (χ0n) is 16.0. The van der Waals surface area contributed by atoms with Crippen LogP contribution >= 0.6 is 11.8 Å². The molecule has 2 saturated heterocycles. The van der Waals surface area contributed by atoms with Crippen molar-refractivity contribution in [3.63, 3.8) is 0 Å². The topological polar surface area (TPSA) is 36.1 Å². The van der Waals surface area contributed by atoms with Crippen molar-refractivity contribution in [2.75, 3.05) is 20.1 Å². The van der Waals surface area contributed by atoms with Crippen molar-refractivity contribution in [1.29, 1.82) is 0 Å². The van der Waals surface area contributed by atoms with Crippen molar-refractivity contribution < 1.29 is 4.79 Å². The molecule has 0 saturated carbocycles. The molecule has 0 aliphatic carbocycles. The number of thioether (sulfide) groups is 1. The molecule has 2 aliphatic heterocycles. The maximum atomic E-state index is 12.7. The Balaban J connectivity index is 0.00000210. The van der Waals surface area contributed by atoms with Crippen LogP contribution < -0.4 is 0 Å². The number of H-pyrrole nitrogens is 1. The third-order valence-electron chi connectivity index (χ3n) is 6.47. The first-order chi connectivity index (χ1) is 12.5. The molecular formula is C23H34N2OS. The number of nitrogens with zero attached hydrogens (tertiary/aromatic N) is 1. The number of carbonyl (C=O) groups excluding carboxylic acids is 1. The van der Waals surface area contributed by atoms with Crippen molar-refractivity contribution in [2.24, 2.45) is 5.92 Å². The molecule has 0 bridgehead atoms. The Morgan fingerprint density at radius 3 is 2.81 bits per heavy atom. The van der Waals surface area contributed by atoms with Crippen LogP contribution in [0.4, 0.5) is 0 Å². The summed E-state index contributed by atoms with van der Waals surface area (Å²) in [7, 11) is 2.22. The molecule has 2 aliphatic rings. The van der Waals surface area contributed by atoms with Gasteiger partial charge in [0.1, 0.15) is 5.78 Å². The van der Waals surface area contributed by atoms with Gasteiger partial charge < -0.3 is 9.88 Å². The summed E-state index contributed by atoms with van der Waals surface area (Å²) < 4.78 is 0.452.